The summed E-state index contributed by atoms with van der Waals surface area (Å²) in [4.78, 5) is 1.55. The van der Waals surface area contributed by atoms with Crippen LogP contribution in [0.5, 0.6) is 0 Å². The van der Waals surface area contributed by atoms with E-state index in [1.54, 1.807) is 18.7 Å². The van der Waals surface area contributed by atoms with Crippen LogP contribution in [-0.4, -0.2) is 158 Å². The molecule has 0 aromatic heterocycles. The fourth-order valence-electron chi connectivity index (χ4n) is 4.94. The number of alkyl halides is 19. The maximum atomic E-state index is 13.8. The molecule has 0 aromatic rings. The Balaban J connectivity index is 0. The Morgan fingerprint density at radius 1 is 0.518 bits per heavy atom. The Bertz CT molecular complexity index is 1440. The van der Waals surface area contributed by atoms with E-state index in [-0.39, 0.29) is 58.8 Å². The number of nitrogens with zero attached hydrogens (tertiary/aromatic N) is 4. The van der Waals surface area contributed by atoms with Gasteiger partial charge in [0.15, 0.2) is 0 Å². The fraction of sp³-hybridized carbons (Fsp3) is 1.00. The Morgan fingerprint density at radius 2 is 0.821 bits per heavy atom. The van der Waals surface area contributed by atoms with Crippen LogP contribution in [0.4, 0.5) is 79.0 Å². The second-order valence-corrected chi connectivity index (χ2v) is 17.1. The van der Waals surface area contributed by atoms with Gasteiger partial charge in [-0.05, 0) is 30.7 Å². The van der Waals surface area contributed by atoms with Crippen molar-refractivity contribution in [3.05, 3.63) is 0 Å². The van der Waals surface area contributed by atoms with Crippen molar-refractivity contribution >= 4 is 66.6 Å². The lowest BCUT2D eigenvalue weighted by molar-refractivity contribution is -0.929. The van der Waals surface area contributed by atoms with Crippen molar-refractivity contribution in [1.82, 2.24) is 13.5 Å². The van der Waals surface area contributed by atoms with Crippen molar-refractivity contribution in [2.45, 2.75) is 87.1 Å². The first kappa shape index (κ1) is 58.0. The lowest BCUT2D eigenvalue weighted by atomic mass is 10.1. The summed E-state index contributed by atoms with van der Waals surface area (Å²) in [6.07, 6.45) is -12.2. The standard InChI is InChI=1S/C13H20F9N2O2S.C10H13F9N2O2S.C3H7I.HI/c1-3-7-24(4-2)8-5-23(6-9-24)27(25,26)13(21,22)11(16,17)10(14,15)12(18,19)20;1-2-20-3-5-21(6-4-20)24(22,23)10(18,19)8(13,14)7(11,12)9(15,16)17;1-2-3-4;/h3-9H2,1-2H3;2-6H2,1H3;2-3H2,1H3;1H/q+1;;;. The molecule has 2 aliphatic rings. The van der Waals surface area contributed by atoms with Crippen molar-refractivity contribution in [3.8, 4) is 0 Å². The second kappa shape index (κ2) is 20.2. The molecule has 2 rings (SSSR count). The fourth-order valence-corrected chi connectivity index (χ4v) is 7.78. The van der Waals surface area contributed by atoms with Crippen LogP contribution in [0.2, 0.25) is 0 Å². The highest BCUT2D eigenvalue weighted by Crippen LogP contribution is 2.56. The average Bonchev–Trinajstić information content (AvgIpc) is 3.07. The predicted octanol–water partition coefficient (Wildman–Crippen LogP) is 8.13. The largest absolute Gasteiger partial charge is 0.460 e. The zero-order chi connectivity index (χ0) is 44.1. The highest BCUT2D eigenvalue weighted by Gasteiger charge is 2.87. The number of likely N-dealkylation sites (N-methyl/N-ethyl adjacent to an activating group) is 2. The van der Waals surface area contributed by atoms with E-state index in [4.69, 9.17) is 0 Å². The molecule has 2 aliphatic heterocycles. The first-order valence-corrected chi connectivity index (χ1v) is 20.3. The van der Waals surface area contributed by atoms with E-state index in [1.807, 2.05) is 6.92 Å². The van der Waals surface area contributed by atoms with Crippen molar-refractivity contribution in [1.29, 1.82) is 0 Å². The molecule has 0 aromatic carbocycles. The van der Waals surface area contributed by atoms with Gasteiger partial charge in [-0.2, -0.15) is 87.6 Å². The molecule has 0 amide bonds. The third-order valence-corrected chi connectivity index (χ3v) is 13.5. The first-order chi connectivity index (χ1) is 24.4. The summed E-state index contributed by atoms with van der Waals surface area (Å²) in [7, 11) is -12.9. The zero-order valence-corrected chi connectivity index (χ0v) is 35.8. The van der Waals surface area contributed by atoms with E-state index in [1.165, 1.54) is 10.8 Å². The lowest BCUT2D eigenvalue weighted by Gasteiger charge is -2.45. The maximum Gasteiger partial charge on any atom is 0.460 e. The molecule has 2 fully saturated rings. The van der Waals surface area contributed by atoms with Crippen LogP contribution in [0.3, 0.4) is 0 Å². The first-order valence-electron chi connectivity index (χ1n) is 15.9. The van der Waals surface area contributed by atoms with E-state index in [2.05, 4.69) is 29.5 Å². The van der Waals surface area contributed by atoms with E-state index in [9.17, 15) is 95.9 Å². The molecular formula is C26H41F18I2N4O4S2+. The van der Waals surface area contributed by atoms with Crippen LogP contribution in [0, 0.1) is 0 Å². The van der Waals surface area contributed by atoms with Gasteiger partial charge in [-0.25, -0.2) is 16.8 Å². The summed E-state index contributed by atoms with van der Waals surface area (Å²) in [5.74, 6) is -28.8. The van der Waals surface area contributed by atoms with Crippen LogP contribution >= 0.6 is 46.6 Å². The highest BCUT2D eigenvalue weighted by molar-refractivity contribution is 14.1. The van der Waals surface area contributed by atoms with E-state index >= 15 is 0 Å². The Hall–Kier alpha value is -0.0600. The van der Waals surface area contributed by atoms with Crippen LogP contribution in [0.15, 0.2) is 0 Å². The molecule has 0 bridgehead atoms. The molecule has 56 heavy (non-hydrogen) atoms. The van der Waals surface area contributed by atoms with Gasteiger partial charge in [-0.15, -0.1) is 24.0 Å². The van der Waals surface area contributed by atoms with Crippen molar-refractivity contribution in [2.24, 2.45) is 0 Å². The second-order valence-electron chi connectivity index (χ2n) is 12.1. The zero-order valence-electron chi connectivity index (χ0n) is 29.7. The molecule has 8 nitrogen and oxygen atoms in total. The Kier molecular flexibility index (Phi) is 20.9. The molecule has 30 heteroatoms. The van der Waals surface area contributed by atoms with E-state index in [0.717, 1.165) is 0 Å². The van der Waals surface area contributed by atoms with Gasteiger partial charge in [-0.1, -0.05) is 43.4 Å². The van der Waals surface area contributed by atoms with Gasteiger partial charge in [0.2, 0.25) is 0 Å². The van der Waals surface area contributed by atoms with Gasteiger partial charge < -0.3 is 9.38 Å². The van der Waals surface area contributed by atoms with Crippen LogP contribution in [0.25, 0.3) is 0 Å². The van der Waals surface area contributed by atoms with Gasteiger partial charge in [0.05, 0.1) is 39.3 Å². The molecule has 0 aliphatic carbocycles. The summed E-state index contributed by atoms with van der Waals surface area (Å²) in [5, 5.41) is -13.3. The number of halogens is 20. The molecular weight excluding hydrogens is 1090 g/mol. The normalized spacial score (nSPS) is 19.3. The SMILES string of the molecule is CCCI.CCC[N+]1(CC)CCN(S(=O)(=O)C(F)(F)C(F)(F)C(F)(F)C(F)(F)F)CC1.CCN1CCN(S(=O)(=O)C(F)(F)C(F)(F)C(F)(F)C(F)(F)F)CC1.I. The summed E-state index contributed by atoms with van der Waals surface area (Å²) >= 11 is 2.35. The number of piperazine rings is 2. The van der Waals surface area contributed by atoms with E-state index < -0.39 is 92.8 Å². The predicted molar refractivity (Wildman–Crippen MR) is 185 cm³/mol. The maximum absolute atomic E-state index is 13.8. The number of hydrogen-bond donors (Lipinski definition) is 0. The van der Waals surface area contributed by atoms with Gasteiger partial charge >= 0.3 is 46.6 Å². The van der Waals surface area contributed by atoms with Gasteiger partial charge in [0.25, 0.3) is 20.0 Å². The third-order valence-electron chi connectivity index (χ3n) is 8.54. The molecule has 0 unspecified atom stereocenters. The van der Waals surface area contributed by atoms with Gasteiger partial charge in [-0.3, -0.25) is 0 Å². The van der Waals surface area contributed by atoms with Crippen LogP contribution in [-0.2, 0) is 20.0 Å². The minimum atomic E-state index is -7.24. The number of sulfonamides is 2. The summed E-state index contributed by atoms with van der Waals surface area (Å²) < 4.78 is 280. The van der Waals surface area contributed by atoms with Crippen molar-refractivity contribution in [3.63, 3.8) is 0 Å². The number of quaternary nitrogens is 1. The molecule has 0 radical (unpaired) electrons. The molecule has 340 valence electrons. The number of hydrogen-bond acceptors (Lipinski definition) is 5. The molecule has 2 heterocycles. The quantitative estimate of drug-likeness (QED) is 0.0807. The Morgan fingerprint density at radius 3 is 1.05 bits per heavy atom. The Labute approximate surface area is 342 Å². The minimum Gasteiger partial charge on any atom is -0.322 e. The van der Waals surface area contributed by atoms with Crippen molar-refractivity contribution < 1.29 is 100 Å². The monoisotopic (exact) mass is 1130 g/mol. The van der Waals surface area contributed by atoms with Crippen molar-refractivity contribution in [2.75, 3.05) is 76.4 Å². The smallest absolute Gasteiger partial charge is 0.322 e. The topological polar surface area (TPSA) is 78.0 Å². The number of rotatable bonds is 13. The van der Waals surface area contributed by atoms with Gasteiger partial charge in [0.1, 0.15) is 0 Å². The highest BCUT2D eigenvalue weighted by atomic mass is 127. The van der Waals surface area contributed by atoms with Crippen LogP contribution in [0.1, 0.15) is 40.5 Å². The molecule has 0 atom stereocenters. The summed E-state index contributed by atoms with van der Waals surface area (Å²) in [6.45, 7) is 5.48. The van der Waals surface area contributed by atoms with Crippen LogP contribution < -0.4 is 0 Å². The summed E-state index contributed by atoms with van der Waals surface area (Å²) in [6, 6.07) is 0. The summed E-state index contributed by atoms with van der Waals surface area (Å²) in [5.41, 5.74) is 0. The third kappa shape index (κ3) is 11.2. The molecule has 0 saturated carbocycles. The van der Waals surface area contributed by atoms with E-state index in [0.29, 0.717) is 30.5 Å². The molecule has 0 spiro atoms. The van der Waals surface area contributed by atoms with Gasteiger partial charge in [0, 0.05) is 26.2 Å². The molecule has 0 N–H and O–H groups in total. The minimum absolute atomic E-state index is 0. The average molecular weight is 1130 g/mol. The molecule has 2 saturated heterocycles. The lowest BCUT2D eigenvalue weighted by Crippen LogP contribution is -2.67.